The van der Waals surface area contributed by atoms with E-state index in [1.807, 2.05) is 0 Å². The zero-order valence-corrected chi connectivity index (χ0v) is 9.94. The Morgan fingerprint density at radius 3 is 2.82 bits per heavy atom. The first-order chi connectivity index (χ1) is 8.15. The fraction of sp³-hybridized carbons (Fsp3) is 0.364. The van der Waals surface area contributed by atoms with E-state index in [-0.39, 0.29) is 32.0 Å². The quantitative estimate of drug-likeness (QED) is 0.454. The molecule has 0 amide bonds. The van der Waals surface area contributed by atoms with Crippen LogP contribution in [-0.4, -0.2) is 37.5 Å². The van der Waals surface area contributed by atoms with Crippen molar-refractivity contribution in [3.8, 4) is 0 Å². The second-order valence-corrected chi connectivity index (χ2v) is 3.64. The number of carbonyl (C=O) groups is 1. The SMILES string of the molecule is Nc1ccc(Cl)cc1C(=O)OCCOCCO. The summed E-state index contributed by atoms with van der Waals surface area (Å²) >= 11 is 5.75. The van der Waals surface area contributed by atoms with Gasteiger partial charge in [-0.2, -0.15) is 0 Å². The fourth-order valence-electron chi connectivity index (χ4n) is 1.14. The molecule has 0 aromatic heterocycles. The Kier molecular flexibility index (Phi) is 5.76. The van der Waals surface area contributed by atoms with Gasteiger partial charge in [-0.3, -0.25) is 0 Å². The van der Waals surface area contributed by atoms with Gasteiger partial charge < -0.3 is 20.3 Å². The van der Waals surface area contributed by atoms with Crippen LogP contribution >= 0.6 is 11.6 Å². The number of halogens is 1. The van der Waals surface area contributed by atoms with Gasteiger partial charge in [-0.25, -0.2) is 4.79 Å². The van der Waals surface area contributed by atoms with E-state index in [1.165, 1.54) is 6.07 Å². The van der Waals surface area contributed by atoms with Crippen molar-refractivity contribution in [1.29, 1.82) is 0 Å². The molecule has 0 spiro atoms. The predicted molar refractivity (Wildman–Crippen MR) is 64.1 cm³/mol. The molecule has 0 fully saturated rings. The van der Waals surface area contributed by atoms with Crippen molar-refractivity contribution >= 4 is 23.3 Å². The molecule has 3 N–H and O–H groups in total. The predicted octanol–water partition coefficient (Wildman–Crippen LogP) is 1.09. The minimum atomic E-state index is -0.544. The van der Waals surface area contributed by atoms with Gasteiger partial charge in [0.2, 0.25) is 0 Å². The first-order valence-corrected chi connectivity index (χ1v) is 5.43. The van der Waals surface area contributed by atoms with Gasteiger partial charge >= 0.3 is 5.97 Å². The Balaban J connectivity index is 2.44. The molecule has 94 valence electrons. The molecule has 6 heteroatoms. The van der Waals surface area contributed by atoms with Gasteiger partial charge in [0.1, 0.15) is 6.61 Å². The molecule has 0 radical (unpaired) electrons. The van der Waals surface area contributed by atoms with Crippen molar-refractivity contribution in [3.63, 3.8) is 0 Å². The number of hydrogen-bond acceptors (Lipinski definition) is 5. The number of nitrogen functional groups attached to an aromatic ring is 1. The maximum absolute atomic E-state index is 11.6. The number of rotatable bonds is 6. The molecular formula is C11H14ClNO4. The Hall–Kier alpha value is -1.30. The summed E-state index contributed by atoms with van der Waals surface area (Å²) in [5.74, 6) is -0.544. The summed E-state index contributed by atoms with van der Waals surface area (Å²) in [6.07, 6.45) is 0. The lowest BCUT2D eigenvalue weighted by molar-refractivity contribution is 0.0259. The van der Waals surface area contributed by atoms with Crippen molar-refractivity contribution < 1.29 is 19.4 Å². The van der Waals surface area contributed by atoms with E-state index in [0.29, 0.717) is 10.7 Å². The molecule has 0 aliphatic rings. The number of hydrogen-bond donors (Lipinski definition) is 2. The van der Waals surface area contributed by atoms with Crippen LogP contribution in [0.2, 0.25) is 5.02 Å². The highest BCUT2D eigenvalue weighted by atomic mass is 35.5. The Bertz CT molecular complexity index is 384. The van der Waals surface area contributed by atoms with Crippen molar-refractivity contribution in [1.82, 2.24) is 0 Å². The first kappa shape index (κ1) is 13.8. The summed E-state index contributed by atoms with van der Waals surface area (Å²) < 4.78 is 9.86. The summed E-state index contributed by atoms with van der Waals surface area (Å²) in [5, 5.41) is 8.87. The van der Waals surface area contributed by atoms with E-state index < -0.39 is 5.97 Å². The highest BCUT2D eigenvalue weighted by Crippen LogP contribution is 2.18. The van der Waals surface area contributed by atoms with Crippen LogP contribution in [0.3, 0.4) is 0 Å². The number of benzene rings is 1. The minimum Gasteiger partial charge on any atom is -0.460 e. The van der Waals surface area contributed by atoms with Crippen LogP contribution in [0.5, 0.6) is 0 Å². The largest absolute Gasteiger partial charge is 0.460 e. The minimum absolute atomic E-state index is 0.0603. The molecule has 0 aliphatic carbocycles. The number of ether oxygens (including phenoxy) is 2. The zero-order chi connectivity index (χ0) is 12.7. The number of esters is 1. The molecule has 0 atom stereocenters. The highest BCUT2D eigenvalue weighted by molar-refractivity contribution is 6.31. The van der Waals surface area contributed by atoms with Gasteiger partial charge in [-0.15, -0.1) is 0 Å². The lowest BCUT2D eigenvalue weighted by Crippen LogP contribution is -2.13. The number of carbonyl (C=O) groups excluding carboxylic acids is 1. The average molecular weight is 260 g/mol. The molecule has 17 heavy (non-hydrogen) atoms. The van der Waals surface area contributed by atoms with Gasteiger partial charge in [-0.05, 0) is 18.2 Å². The Morgan fingerprint density at radius 2 is 2.12 bits per heavy atom. The molecule has 1 aromatic carbocycles. The molecule has 0 unspecified atom stereocenters. The normalized spacial score (nSPS) is 10.2. The zero-order valence-electron chi connectivity index (χ0n) is 9.19. The van der Waals surface area contributed by atoms with Gasteiger partial charge in [0, 0.05) is 10.7 Å². The van der Waals surface area contributed by atoms with Crippen LogP contribution in [0.4, 0.5) is 5.69 Å². The van der Waals surface area contributed by atoms with Crippen LogP contribution in [0.1, 0.15) is 10.4 Å². The maximum Gasteiger partial charge on any atom is 0.340 e. The fourth-order valence-corrected chi connectivity index (χ4v) is 1.32. The van der Waals surface area contributed by atoms with Gasteiger partial charge in [-0.1, -0.05) is 11.6 Å². The van der Waals surface area contributed by atoms with Gasteiger partial charge in [0.05, 0.1) is 25.4 Å². The molecule has 0 bridgehead atoms. The Morgan fingerprint density at radius 1 is 1.35 bits per heavy atom. The molecule has 1 aromatic rings. The average Bonchev–Trinajstić information content (AvgIpc) is 2.32. The number of nitrogens with two attached hydrogens (primary N) is 1. The molecule has 0 saturated heterocycles. The van der Waals surface area contributed by atoms with Crippen LogP contribution in [0.15, 0.2) is 18.2 Å². The molecule has 5 nitrogen and oxygen atoms in total. The lowest BCUT2D eigenvalue weighted by atomic mass is 10.2. The van der Waals surface area contributed by atoms with Gasteiger partial charge in [0.25, 0.3) is 0 Å². The molecule has 0 aliphatic heterocycles. The van der Waals surface area contributed by atoms with E-state index in [1.54, 1.807) is 12.1 Å². The smallest absolute Gasteiger partial charge is 0.340 e. The molecule has 0 saturated carbocycles. The lowest BCUT2D eigenvalue weighted by Gasteiger charge is -2.07. The number of anilines is 1. The summed E-state index contributed by atoms with van der Waals surface area (Å²) in [5.41, 5.74) is 6.17. The number of aliphatic hydroxyl groups excluding tert-OH is 1. The summed E-state index contributed by atoms with van der Waals surface area (Å²) in [6.45, 7) is 0.490. The third kappa shape index (κ3) is 4.60. The van der Waals surface area contributed by atoms with Crippen LogP contribution in [0.25, 0.3) is 0 Å². The van der Waals surface area contributed by atoms with Crippen LogP contribution in [0, 0.1) is 0 Å². The molecule has 0 heterocycles. The monoisotopic (exact) mass is 259 g/mol. The van der Waals surface area contributed by atoms with E-state index in [4.69, 9.17) is 31.9 Å². The van der Waals surface area contributed by atoms with Crippen molar-refractivity contribution in [3.05, 3.63) is 28.8 Å². The van der Waals surface area contributed by atoms with Crippen molar-refractivity contribution in [2.75, 3.05) is 32.2 Å². The van der Waals surface area contributed by atoms with Crippen molar-refractivity contribution in [2.45, 2.75) is 0 Å². The van der Waals surface area contributed by atoms with Crippen LogP contribution < -0.4 is 5.73 Å². The number of aliphatic hydroxyl groups is 1. The van der Waals surface area contributed by atoms with E-state index in [0.717, 1.165) is 0 Å². The van der Waals surface area contributed by atoms with E-state index in [2.05, 4.69) is 0 Å². The second kappa shape index (κ2) is 7.11. The second-order valence-electron chi connectivity index (χ2n) is 3.20. The first-order valence-electron chi connectivity index (χ1n) is 5.06. The topological polar surface area (TPSA) is 81.8 Å². The summed E-state index contributed by atoms with van der Waals surface area (Å²) in [4.78, 5) is 11.6. The van der Waals surface area contributed by atoms with Crippen LogP contribution in [-0.2, 0) is 9.47 Å². The summed E-state index contributed by atoms with van der Waals surface area (Å²) in [7, 11) is 0. The highest BCUT2D eigenvalue weighted by Gasteiger charge is 2.11. The summed E-state index contributed by atoms with van der Waals surface area (Å²) in [6, 6.07) is 4.59. The van der Waals surface area contributed by atoms with E-state index >= 15 is 0 Å². The standard InChI is InChI=1S/C11H14ClNO4/c12-8-1-2-10(13)9(7-8)11(15)17-6-5-16-4-3-14/h1-2,7,14H,3-6,13H2. The molecule has 1 rings (SSSR count). The molecular weight excluding hydrogens is 246 g/mol. The Labute approximate surface area is 104 Å². The third-order valence-electron chi connectivity index (χ3n) is 1.93. The third-order valence-corrected chi connectivity index (χ3v) is 2.17. The van der Waals surface area contributed by atoms with E-state index in [9.17, 15) is 4.79 Å². The van der Waals surface area contributed by atoms with Crippen molar-refractivity contribution in [2.24, 2.45) is 0 Å². The maximum atomic E-state index is 11.6. The van der Waals surface area contributed by atoms with Gasteiger partial charge in [0.15, 0.2) is 0 Å².